The van der Waals surface area contributed by atoms with Crippen LogP contribution in [0.5, 0.6) is 0 Å². The van der Waals surface area contributed by atoms with Crippen LogP contribution < -0.4 is 30.7 Å². The van der Waals surface area contributed by atoms with Gasteiger partial charge in [-0.15, -0.1) is 0 Å². The minimum atomic E-state index is -0.989. The maximum absolute atomic E-state index is 15.7. The van der Waals surface area contributed by atoms with Crippen LogP contribution in [-0.4, -0.2) is 144 Å². The Hall–Kier alpha value is -5.75. The number of hydrogen-bond acceptors (Lipinski definition) is 13. The quantitative estimate of drug-likeness (QED) is 0.175. The molecule has 16 nitrogen and oxygen atoms in total. The van der Waals surface area contributed by atoms with Crippen LogP contribution in [-0.2, 0) is 20.9 Å². The molecule has 7 heterocycles. The second-order valence-corrected chi connectivity index (χ2v) is 21.1. The zero-order chi connectivity index (χ0) is 46.8. The molecule has 67 heavy (non-hydrogen) atoms. The standard InChI is InChI=1S/C49H61F2N11O5/c1-47(2)10-16-58(17-11-47)25-31-20-35(51)38(21-34(31)50)60-26-42(64)56-49(29-60)12-18-59(19-13-49)40-22-39(53-30-54-40)52-14-5-15-57(3)32-23-48(24-32)27-61(28-48)36-7-4-6-33-43(36)46(67)62(45(33)66)37-8-9-41(63)55-44(37)65/h4,6-7,20-22,30,32,37H,5,8-19,23-29H2,1-3H3,(H,56,64)(H,52,53,54)(H,55,63,65). The van der Waals surface area contributed by atoms with Crippen molar-refractivity contribution in [1.82, 2.24) is 35.3 Å². The van der Waals surface area contributed by atoms with Crippen molar-refractivity contribution in [3.8, 4) is 0 Å². The number of piperazine rings is 1. The number of carbonyl (C=O) groups excluding carboxylic acids is 5. The van der Waals surface area contributed by atoms with Gasteiger partial charge in [-0.25, -0.2) is 18.7 Å². The predicted octanol–water partition coefficient (Wildman–Crippen LogP) is 4.16. The smallest absolute Gasteiger partial charge is 0.264 e. The number of fused-ring (bicyclic) bond motifs is 1. The minimum absolute atomic E-state index is 0.0262. The summed E-state index contributed by atoms with van der Waals surface area (Å²) in [6, 6.07) is 9.30. The maximum atomic E-state index is 15.7. The summed E-state index contributed by atoms with van der Waals surface area (Å²) in [6.07, 6.45) is 8.08. The molecule has 1 aliphatic carbocycles. The summed E-state index contributed by atoms with van der Waals surface area (Å²) < 4.78 is 31.2. The van der Waals surface area contributed by atoms with E-state index in [2.05, 4.69) is 66.4 Å². The zero-order valence-electron chi connectivity index (χ0n) is 38.7. The molecule has 5 saturated heterocycles. The summed E-state index contributed by atoms with van der Waals surface area (Å²) in [5.41, 5.74) is 1.72. The maximum Gasteiger partial charge on any atom is 0.264 e. The number of amides is 5. The molecule has 3 aromatic rings. The molecule has 1 atom stereocenters. The largest absolute Gasteiger partial charge is 0.370 e. The Kier molecular flexibility index (Phi) is 11.7. The van der Waals surface area contributed by atoms with Crippen LogP contribution in [0.2, 0.25) is 0 Å². The summed E-state index contributed by atoms with van der Waals surface area (Å²) in [4.78, 5) is 85.0. The number of piperidine rings is 3. The van der Waals surface area contributed by atoms with E-state index < -0.39 is 46.8 Å². The van der Waals surface area contributed by atoms with E-state index in [1.807, 2.05) is 12.1 Å². The van der Waals surface area contributed by atoms with Crippen LogP contribution >= 0.6 is 0 Å². The van der Waals surface area contributed by atoms with Gasteiger partial charge in [0.2, 0.25) is 17.7 Å². The predicted molar refractivity (Wildman–Crippen MR) is 248 cm³/mol. The van der Waals surface area contributed by atoms with E-state index >= 15 is 8.78 Å². The van der Waals surface area contributed by atoms with E-state index in [1.165, 1.54) is 12.1 Å². The first-order valence-electron chi connectivity index (χ1n) is 23.9. The van der Waals surface area contributed by atoms with E-state index in [9.17, 15) is 24.0 Å². The fourth-order valence-electron chi connectivity index (χ4n) is 11.6. The van der Waals surface area contributed by atoms with Gasteiger partial charge in [-0.3, -0.25) is 39.1 Å². The van der Waals surface area contributed by atoms with Gasteiger partial charge >= 0.3 is 0 Å². The van der Waals surface area contributed by atoms with Gasteiger partial charge in [0.15, 0.2) is 0 Å². The lowest BCUT2D eigenvalue weighted by molar-refractivity contribution is -0.136. The number of halogens is 2. The first-order chi connectivity index (χ1) is 32.1. The van der Waals surface area contributed by atoms with E-state index in [0.29, 0.717) is 61.8 Å². The Morgan fingerprint density at radius 2 is 1.60 bits per heavy atom. The monoisotopic (exact) mass is 921 g/mol. The number of carbonyl (C=O) groups is 5. The van der Waals surface area contributed by atoms with E-state index in [4.69, 9.17) is 0 Å². The first kappa shape index (κ1) is 45.1. The van der Waals surface area contributed by atoms with Crippen molar-refractivity contribution in [2.75, 3.05) is 92.5 Å². The number of benzene rings is 2. The average Bonchev–Trinajstić information content (AvgIpc) is 3.52. The first-order valence-corrected chi connectivity index (χ1v) is 23.9. The molecule has 6 aliphatic heterocycles. The Morgan fingerprint density at radius 1 is 0.836 bits per heavy atom. The van der Waals surface area contributed by atoms with Gasteiger partial charge < -0.3 is 30.2 Å². The minimum Gasteiger partial charge on any atom is -0.370 e. The number of nitrogens with one attached hydrogen (secondary N) is 3. The molecule has 6 fully saturated rings. The Bertz CT molecular complexity index is 2470. The molecule has 10 rings (SSSR count). The molecule has 5 amide bonds. The molecule has 1 aromatic heterocycles. The highest BCUT2D eigenvalue weighted by Crippen LogP contribution is 2.52. The molecule has 356 valence electrons. The summed E-state index contributed by atoms with van der Waals surface area (Å²) >= 11 is 0. The molecule has 0 radical (unpaired) electrons. The number of imide groups is 2. The highest BCUT2D eigenvalue weighted by molar-refractivity contribution is 6.25. The number of aromatic nitrogens is 2. The van der Waals surface area contributed by atoms with E-state index in [1.54, 1.807) is 23.4 Å². The third kappa shape index (κ3) is 8.82. The van der Waals surface area contributed by atoms with E-state index in [0.717, 1.165) is 93.6 Å². The average molecular weight is 922 g/mol. The Morgan fingerprint density at radius 3 is 2.34 bits per heavy atom. The van der Waals surface area contributed by atoms with Gasteiger partial charge in [0.1, 0.15) is 35.6 Å². The molecular weight excluding hydrogens is 861 g/mol. The molecule has 7 aliphatic rings. The lowest BCUT2D eigenvalue weighted by Gasteiger charge is -2.61. The van der Waals surface area contributed by atoms with Gasteiger partial charge in [0.05, 0.1) is 34.6 Å². The van der Waals surface area contributed by atoms with Crippen LogP contribution in [0.3, 0.4) is 0 Å². The van der Waals surface area contributed by atoms with Crippen LogP contribution in [0.1, 0.15) is 97.9 Å². The number of rotatable bonds is 12. The molecular formula is C49H61F2N11O5. The summed E-state index contributed by atoms with van der Waals surface area (Å²) in [5.74, 6) is -1.58. The third-order valence-electron chi connectivity index (χ3n) is 15.8. The lowest BCUT2D eigenvalue weighted by atomic mass is 9.60. The number of nitrogens with zero attached hydrogens (tertiary/aromatic N) is 8. The topological polar surface area (TPSA) is 167 Å². The fraction of sp³-hybridized carbons (Fsp3) is 0.571. The number of anilines is 4. The van der Waals surface area contributed by atoms with Crippen molar-refractivity contribution in [1.29, 1.82) is 0 Å². The van der Waals surface area contributed by atoms with Gasteiger partial charge in [0, 0.05) is 81.4 Å². The van der Waals surface area contributed by atoms with E-state index in [-0.39, 0.29) is 41.8 Å². The Balaban J connectivity index is 0.666. The van der Waals surface area contributed by atoms with Crippen LogP contribution in [0.15, 0.2) is 42.7 Å². The van der Waals surface area contributed by atoms with Crippen LogP contribution in [0.25, 0.3) is 0 Å². The second-order valence-electron chi connectivity index (χ2n) is 21.1. The van der Waals surface area contributed by atoms with Crippen LogP contribution in [0, 0.1) is 22.5 Å². The van der Waals surface area contributed by atoms with Crippen molar-refractivity contribution in [2.24, 2.45) is 10.8 Å². The highest BCUT2D eigenvalue weighted by Gasteiger charge is 2.55. The third-order valence-corrected chi connectivity index (χ3v) is 15.8. The van der Waals surface area contributed by atoms with Crippen molar-refractivity contribution < 1.29 is 32.8 Å². The molecule has 2 aromatic carbocycles. The van der Waals surface area contributed by atoms with Crippen molar-refractivity contribution in [2.45, 2.75) is 95.8 Å². The zero-order valence-corrected chi connectivity index (χ0v) is 38.7. The van der Waals surface area contributed by atoms with Crippen LogP contribution in [0.4, 0.5) is 31.8 Å². The SMILES string of the molecule is CN(CCCNc1cc(N2CCC3(CC2)CN(c2cc(F)c(CN4CCC(C)(C)CC4)cc2F)CC(=O)N3)ncn1)C1CC2(C1)CN(c1cccc3c1C(=O)N(C1CCC(=O)NC1=O)C3=O)C2. The second kappa shape index (κ2) is 17.4. The fourth-order valence-corrected chi connectivity index (χ4v) is 11.6. The van der Waals surface area contributed by atoms with Gasteiger partial charge in [-0.2, -0.15) is 0 Å². The number of likely N-dealkylation sites (tertiary alicyclic amines) is 1. The highest BCUT2D eigenvalue weighted by atomic mass is 19.1. The normalized spacial score (nSPS) is 23.7. The molecule has 3 N–H and O–H groups in total. The van der Waals surface area contributed by atoms with Crippen molar-refractivity contribution in [3.05, 3.63) is 71.1 Å². The van der Waals surface area contributed by atoms with Gasteiger partial charge in [0.25, 0.3) is 11.8 Å². The van der Waals surface area contributed by atoms with Gasteiger partial charge in [-0.05, 0) is 102 Å². The molecule has 1 unspecified atom stereocenters. The van der Waals surface area contributed by atoms with Crippen molar-refractivity contribution >= 4 is 52.5 Å². The van der Waals surface area contributed by atoms with Gasteiger partial charge in [-0.1, -0.05) is 19.9 Å². The number of hydrogen-bond donors (Lipinski definition) is 3. The lowest BCUT2D eigenvalue weighted by Crippen LogP contribution is -2.66. The molecule has 18 heteroatoms. The summed E-state index contributed by atoms with van der Waals surface area (Å²) in [5, 5.41) is 8.93. The molecule has 2 spiro atoms. The van der Waals surface area contributed by atoms with Crippen molar-refractivity contribution in [3.63, 3.8) is 0 Å². The summed E-state index contributed by atoms with van der Waals surface area (Å²) in [6.45, 7) is 11.4. The molecule has 0 bridgehead atoms. The summed E-state index contributed by atoms with van der Waals surface area (Å²) in [7, 11) is 2.16. The molecule has 1 saturated carbocycles. The Labute approximate surface area is 389 Å².